The molecule has 0 aromatic heterocycles. The molecule has 0 unspecified atom stereocenters. The van der Waals surface area contributed by atoms with E-state index < -0.39 is 18.1 Å². The number of benzene rings is 1. The Bertz CT molecular complexity index is 574. The van der Waals surface area contributed by atoms with Gasteiger partial charge in [0.05, 0.1) is 0 Å². The van der Waals surface area contributed by atoms with E-state index in [1.54, 1.807) is 18.2 Å². The molecule has 1 N–H and O–H groups in total. The molecule has 0 spiro atoms. The van der Waals surface area contributed by atoms with Crippen molar-refractivity contribution >= 4 is 23.5 Å². The highest BCUT2D eigenvalue weighted by Crippen LogP contribution is 2.32. The number of carbonyl (C=O) groups is 2. The van der Waals surface area contributed by atoms with Crippen LogP contribution in [0.3, 0.4) is 0 Å². The first kappa shape index (κ1) is 13.2. The molecular formula is C14H14ClNO4. The molecule has 1 aromatic carbocycles. The highest BCUT2D eigenvalue weighted by atomic mass is 35.5. The largest absolute Gasteiger partial charge is 0.480 e. The second kappa shape index (κ2) is 4.98. The highest BCUT2D eigenvalue weighted by Gasteiger charge is 2.40. The van der Waals surface area contributed by atoms with E-state index in [2.05, 4.69) is 0 Å². The zero-order valence-electron chi connectivity index (χ0n) is 10.7. The molecule has 1 saturated heterocycles. The maximum atomic E-state index is 12.4. The van der Waals surface area contributed by atoms with Crippen molar-refractivity contribution in [2.45, 2.75) is 31.4 Å². The van der Waals surface area contributed by atoms with Crippen LogP contribution in [0.2, 0.25) is 5.02 Å². The maximum absolute atomic E-state index is 12.4. The lowest BCUT2D eigenvalue weighted by Crippen LogP contribution is -2.46. The van der Waals surface area contributed by atoms with Crippen LogP contribution < -0.4 is 4.74 Å². The number of fused-ring (bicyclic) bond motifs is 1. The van der Waals surface area contributed by atoms with Gasteiger partial charge in [-0.25, -0.2) is 4.79 Å². The van der Waals surface area contributed by atoms with E-state index >= 15 is 0 Å². The van der Waals surface area contributed by atoms with E-state index in [1.807, 2.05) is 0 Å². The molecular weight excluding hydrogens is 282 g/mol. The van der Waals surface area contributed by atoms with Crippen LogP contribution in [0.15, 0.2) is 18.2 Å². The van der Waals surface area contributed by atoms with Gasteiger partial charge in [0.25, 0.3) is 5.91 Å². The second-order valence-corrected chi connectivity index (χ2v) is 5.53. The van der Waals surface area contributed by atoms with Crippen molar-refractivity contribution in [1.82, 2.24) is 4.90 Å². The minimum Gasteiger partial charge on any atom is -0.480 e. The lowest BCUT2D eigenvalue weighted by Gasteiger charge is -2.24. The van der Waals surface area contributed by atoms with Gasteiger partial charge in [-0.05, 0) is 36.6 Å². The number of halogens is 1. The molecule has 6 heteroatoms. The Hall–Kier alpha value is -1.75. The van der Waals surface area contributed by atoms with Gasteiger partial charge in [-0.2, -0.15) is 0 Å². The second-order valence-electron chi connectivity index (χ2n) is 5.09. The predicted octanol–water partition coefficient (Wildman–Crippen LogP) is 1.72. The summed E-state index contributed by atoms with van der Waals surface area (Å²) in [6, 6.07) is 4.51. The average molecular weight is 296 g/mol. The standard InChI is InChI=1S/C14H14ClNO4/c15-9-3-4-11-8(6-9)7-12(20-11)13(17)16-5-1-2-10(16)14(18)19/h3-4,6,10,12H,1-2,5,7H2,(H,18,19)/t10-,12-/m1/s1. The van der Waals surface area contributed by atoms with Gasteiger partial charge < -0.3 is 14.7 Å². The van der Waals surface area contributed by atoms with E-state index in [0.717, 1.165) is 5.56 Å². The minimum atomic E-state index is -0.950. The monoisotopic (exact) mass is 295 g/mol. The predicted molar refractivity (Wildman–Crippen MR) is 71.9 cm³/mol. The Kier molecular flexibility index (Phi) is 3.30. The molecule has 1 aromatic rings. The number of ether oxygens (including phenoxy) is 1. The molecule has 20 heavy (non-hydrogen) atoms. The first-order valence-corrected chi connectivity index (χ1v) is 6.92. The van der Waals surface area contributed by atoms with Crippen LogP contribution in [0.4, 0.5) is 0 Å². The fourth-order valence-corrected chi connectivity index (χ4v) is 3.02. The molecule has 0 radical (unpaired) electrons. The first-order valence-electron chi connectivity index (χ1n) is 6.54. The van der Waals surface area contributed by atoms with Gasteiger partial charge in [0.1, 0.15) is 11.8 Å². The quantitative estimate of drug-likeness (QED) is 0.902. The Balaban J connectivity index is 1.75. The number of nitrogens with zero attached hydrogens (tertiary/aromatic N) is 1. The summed E-state index contributed by atoms with van der Waals surface area (Å²) in [5.41, 5.74) is 0.891. The number of likely N-dealkylation sites (tertiary alicyclic amines) is 1. The number of amides is 1. The summed E-state index contributed by atoms with van der Waals surface area (Å²) < 4.78 is 5.62. The molecule has 0 saturated carbocycles. The van der Waals surface area contributed by atoms with Gasteiger partial charge in [-0.15, -0.1) is 0 Å². The number of carboxylic acids is 1. The summed E-state index contributed by atoms with van der Waals surface area (Å²) >= 11 is 5.91. The molecule has 0 bridgehead atoms. The van der Waals surface area contributed by atoms with Crippen LogP contribution in [0.5, 0.6) is 5.75 Å². The number of hydrogen-bond acceptors (Lipinski definition) is 3. The van der Waals surface area contributed by atoms with Crippen molar-refractivity contribution in [3.8, 4) is 5.75 Å². The minimum absolute atomic E-state index is 0.248. The lowest BCUT2D eigenvalue weighted by molar-refractivity contribution is -0.150. The van der Waals surface area contributed by atoms with Gasteiger partial charge in [-0.3, -0.25) is 4.79 Å². The molecule has 2 aliphatic rings. The zero-order valence-corrected chi connectivity index (χ0v) is 11.5. The van der Waals surface area contributed by atoms with Gasteiger partial charge in [0.2, 0.25) is 0 Å². The molecule has 1 amide bonds. The van der Waals surface area contributed by atoms with E-state index in [4.69, 9.17) is 21.4 Å². The summed E-state index contributed by atoms with van der Waals surface area (Å²) in [6.45, 7) is 0.479. The van der Waals surface area contributed by atoms with Crippen molar-refractivity contribution in [3.05, 3.63) is 28.8 Å². The van der Waals surface area contributed by atoms with E-state index in [0.29, 0.717) is 36.6 Å². The summed E-state index contributed by atoms with van der Waals surface area (Å²) in [5.74, 6) is -0.546. The van der Waals surface area contributed by atoms with Gasteiger partial charge in [0, 0.05) is 18.0 Å². The number of carboxylic acid groups (broad SMARTS) is 1. The number of aliphatic carboxylic acids is 1. The van der Waals surface area contributed by atoms with Gasteiger partial charge in [-0.1, -0.05) is 11.6 Å². The van der Waals surface area contributed by atoms with Crippen LogP contribution in [-0.2, 0) is 16.0 Å². The maximum Gasteiger partial charge on any atom is 0.326 e. The molecule has 106 valence electrons. The third-order valence-electron chi connectivity index (χ3n) is 3.79. The topological polar surface area (TPSA) is 66.8 Å². The Morgan fingerprint density at radius 3 is 2.95 bits per heavy atom. The zero-order chi connectivity index (χ0) is 14.3. The Morgan fingerprint density at radius 2 is 2.20 bits per heavy atom. The SMILES string of the molecule is O=C(O)[C@H]1CCCN1C(=O)[C@H]1Cc2cc(Cl)ccc2O1. The van der Waals surface area contributed by atoms with Crippen LogP contribution >= 0.6 is 11.6 Å². The van der Waals surface area contributed by atoms with E-state index in [-0.39, 0.29) is 5.91 Å². The average Bonchev–Trinajstić information content (AvgIpc) is 3.03. The molecule has 2 heterocycles. The Morgan fingerprint density at radius 1 is 1.40 bits per heavy atom. The third-order valence-corrected chi connectivity index (χ3v) is 4.03. The normalized spacial score (nSPS) is 24.4. The van der Waals surface area contributed by atoms with Crippen LogP contribution in [0.1, 0.15) is 18.4 Å². The molecule has 1 fully saturated rings. The van der Waals surface area contributed by atoms with Crippen LogP contribution in [0.25, 0.3) is 0 Å². The number of hydrogen-bond donors (Lipinski definition) is 1. The summed E-state index contributed by atoms with van der Waals surface area (Å²) in [6.07, 6.45) is 1.03. The summed E-state index contributed by atoms with van der Waals surface area (Å²) in [5, 5.41) is 9.74. The van der Waals surface area contributed by atoms with Gasteiger partial charge in [0.15, 0.2) is 6.10 Å². The van der Waals surface area contributed by atoms with Crippen molar-refractivity contribution < 1.29 is 19.4 Å². The fraction of sp³-hybridized carbons (Fsp3) is 0.429. The number of carbonyl (C=O) groups excluding carboxylic acids is 1. The first-order chi connectivity index (χ1) is 9.56. The van der Waals surface area contributed by atoms with E-state index in [9.17, 15) is 9.59 Å². The van der Waals surface area contributed by atoms with Gasteiger partial charge >= 0.3 is 5.97 Å². The molecule has 3 rings (SSSR count). The summed E-state index contributed by atoms with van der Waals surface area (Å²) in [4.78, 5) is 25.0. The number of rotatable bonds is 2. The van der Waals surface area contributed by atoms with Crippen molar-refractivity contribution in [3.63, 3.8) is 0 Å². The molecule has 5 nitrogen and oxygen atoms in total. The fourth-order valence-electron chi connectivity index (χ4n) is 2.83. The van der Waals surface area contributed by atoms with Crippen molar-refractivity contribution in [2.24, 2.45) is 0 Å². The van der Waals surface area contributed by atoms with Crippen LogP contribution in [0, 0.1) is 0 Å². The highest BCUT2D eigenvalue weighted by molar-refractivity contribution is 6.30. The van der Waals surface area contributed by atoms with Crippen molar-refractivity contribution in [2.75, 3.05) is 6.54 Å². The van der Waals surface area contributed by atoms with Crippen LogP contribution in [-0.4, -0.2) is 40.6 Å². The molecule has 2 atom stereocenters. The van der Waals surface area contributed by atoms with E-state index in [1.165, 1.54) is 4.90 Å². The molecule has 0 aliphatic carbocycles. The lowest BCUT2D eigenvalue weighted by atomic mass is 10.1. The smallest absolute Gasteiger partial charge is 0.326 e. The third kappa shape index (κ3) is 2.22. The summed E-state index contributed by atoms with van der Waals surface area (Å²) in [7, 11) is 0. The van der Waals surface area contributed by atoms with Crippen molar-refractivity contribution in [1.29, 1.82) is 0 Å². The Labute approximate surface area is 121 Å². The molecule has 2 aliphatic heterocycles.